The molecule has 2 rings (SSSR count). The number of nitrogens with two attached hydrogens (primary N) is 1. The summed E-state index contributed by atoms with van der Waals surface area (Å²) < 4.78 is 5.26. The van der Waals surface area contributed by atoms with Gasteiger partial charge in [0.1, 0.15) is 5.75 Å². The van der Waals surface area contributed by atoms with Gasteiger partial charge in [-0.3, -0.25) is 10.1 Å². The van der Waals surface area contributed by atoms with Crippen LogP contribution in [0.4, 0.5) is 0 Å². The molecule has 0 bridgehead atoms. The summed E-state index contributed by atoms with van der Waals surface area (Å²) >= 11 is 0. The maximum Gasteiger partial charge on any atom is 0.237 e. The fourth-order valence-electron chi connectivity index (χ4n) is 2.57. The highest BCUT2D eigenvalue weighted by Gasteiger charge is 2.30. The molecule has 4 heteroatoms. The number of methoxy groups -OCH3 is 1. The molecule has 0 fully saturated rings. The molecule has 0 aromatic heterocycles. The van der Waals surface area contributed by atoms with Crippen LogP contribution in [0.3, 0.4) is 0 Å². The molecule has 1 atom stereocenters. The molecule has 19 heavy (non-hydrogen) atoms. The number of amides is 1. The van der Waals surface area contributed by atoms with Crippen molar-refractivity contribution in [3.05, 3.63) is 29.3 Å². The predicted octanol–water partition coefficient (Wildman–Crippen LogP) is 1.93. The fraction of sp³-hybridized carbons (Fsp3) is 0.533. The van der Waals surface area contributed by atoms with E-state index in [1.807, 2.05) is 19.9 Å². The molecule has 3 N–H and O–H groups in total. The van der Waals surface area contributed by atoms with Crippen molar-refractivity contribution in [1.29, 1.82) is 0 Å². The Morgan fingerprint density at radius 3 is 2.84 bits per heavy atom. The van der Waals surface area contributed by atoms with Gasteiger partial charge >= 0.3 is 0 Å². The quantitative estimate of drug-likeness (QED) is 0.871. The molecule has 0 saturated carbocycles. The first-order valence-electron chi connectivity index (χ1n) is 6.68. The van der Waals surface area contributed by atoms with Gasteiger partial charge in [-0.15, -0.1) is 0 Å². The molecular weight excluding hydrogens is 240 g/mol. The molecular formula is C15H22N2O2. The van der Waals surface area contributed by atoms with Crippen LogP contribution < -0.4 is 15.8 Å². The molecule has 1 unspecified atom stereocenters. The van der Waals surface area contributed by atoms with E-state index in [0.29, 0.717) is 0 Å². The molecule has 0 aliphatic heterocycles. The number of primary amides is 1. The average Bonchev–Trinajstić information content (AvgIpc) is 2.38. The van der Waals surface area contributed by atoms with Crippen molar-refractivity contribution in [3.8, 4) is 5.75 Å². The topological polar surface area (TPSA) is 64.3 Å². The Balaban J connectivity index is 2.25. The van der Waals surface area contributed by atoms with E-state index < -0.39 is 5.54 Å². The third-order valence-electron chi connectivity index (χ3n) is 3.82. The molecule has 1 aliphatic rings. The first-order chi connectivity index (χ1) is 8.94. The van der Waals surface area contributed by atoms with Crippen molar-refractivity contribution in [2.75, 3.05) is 7.11 Å². The number of ether oxygens (including phenoxy) is 1. The number of hydrogen-bond acceptors (Lipinski definition) is 3. The molecule has 0 saturated heterocycles. The number of nitrogens with one attached hydrogen (secondary N) is 1. The standard InChI is InChI=1S/C15H22N2O2/c1-15(2,14(16)18)17-13-6-4-5-10-9-11(19-3)7-8-12(10)13/h7-9,13,17H,4-6H2,1-3H3,(H2,16,18). The largest absolute Gasteiger partial charge is 0.497 e. The number of rotatable bonds is 4. The van der Waals surface area contributed by atoms with Gasteiger partial charge < -0.3 is 10.5 Å². The van der Waals surface area contributed by atoms with Crippen molar-refractivity contribution >= 4 is 5.91 Å². The summed E-state index contributed by atoms with van der Waals surface area (Å²) in [5.41, 5.74) is 7.28. The second-order valence-electron chi connectivity index (χ2n) is 5.64. The van der Waals surface area contributed by atoms with Crippen LogP contribution in [0, 0.1) is 0 Å². The van der Waals surface area contributed by atoms with Gasteiger partial charge in [-0.1, -0.05) is 6.07 Å². The van der Waals surface area contributed by atoms with E-state index in [1.165, 1.54) is 11.1 Å². The monoisotopic (exact) mass is 262 g/mol. The lowest BCUT2D eigenvalue weighted by atomic mass is 9.86. The summed E-state index contributed by atoms with van der Waals surface area (Å²) in [4.78, 5) is 11.4. The van der Waals surface area contributed by atoms with Crippen molar-refractivity contribution in [2.45, 2.75) is 44.7 Å². The Labute approximate surface area is 114 Å². The summed E-state index contributed by atoms with van der Waals surface area (Å²) in [5, 5.41) is 3.37. The fourth-order valence-corrected chi connectivity index (χ4v) is 2.57. The Morgan fingerprint density at radius 1 is 1.47 bits per heavy atom. The average molecular weight is 262 g/mol. The van der Waals surface area contributed by atoms with E-state index in [9.17, 15) is 4.79 Å². The van der Waals surface area contributed by atoms with Gasteiger partial charge in [-0.2, -0.15) is 0 Å². The summed E-state index contributed by atoms with van der Waals surface area (Å²) in [6, 6.07) is 6.32. The van der Waals surface area contributed by atoms with Crippen LogP contribution in [-0.2, 0) is 11.2 Å². The zero-order valence-electron chi connectivity index (χ0n) is 11.8. The van der Waals surface area contributed by atoms with Crippen molar-refractivity contribution in [3.63, 3.8) is 0 Å². The second kappa shape index (κ2) is 5.21. The first-order valence-corrected chi connectivity index (χ1v) is 6.68. The SMILES string of the molecule is COc1ccc2c(c1)CCCC2NC(C)(C)C(N)=O. The Kier molecular flexibility index (Phi) is 3.80. The zero-order chi connectivity index (χ0) is 14.0. The highest BCUT2D eigenvalue weighted by Crippen LogP contribution is 2.33. The predicted molar refractivity (Wildman–Crippen MR) is 75.1 cm³/mol. The number of aryl methyl sites for hydroxylation is 1. The van der Waals surface area contributed by atoms with E-state index in [2.05, 4.69) is 17.4 Å². The summed E-state index contributed by atoms with van der Waals surface area (Å²) in [7, 11) is 1.68. The molecule has 0 heterocycles. The van der Waals surface area contributed by atoms with Crippen molar-refractivity contribution < 1.29 is 9.53 Å². The van der Waals surface area contributed by atoms with E-state index in [4.69, 9.17) is 10.5 Å². The maximum absolute atomic E-state index is 11.4. The molecule has 104 valence electrons. The summed E-state index contributed by atoms with van der Waals surface area (Å²) in [6.45, 7) is 3.65. The van der Waals surface area contributed by atoms with E-state index >= 15 is 0 Å². The van der Waals surface area contributed by atoms with Gasteiger partial charge in [0.05, 0.1) is 12.6 Å². The van der Waals surface area contributed by atoms with Gasteiger partial charge in [0.2, 0.25) is 5.91 Å². The van der Waals surface area contributed by atoms with Gasteiger partial charge in [0.15, 0.2) is 0 Å². The van der Waals surface area contributed by atoms with Gasteiger partial charge in [0, 0.05) is 6.04 Å². The number of benzene rings is 1. The minimum absolute atomic E-state index is 0.178. The zero-order valence-corrected chi connectivity index (χ0v) is 11.8. The normalized spacial score (nSPS) is 18.8. The number of carbonyl (C=O) groups excluding carboxylic acids is 1. The first kappa shape index (κ1) is 13.9. The Morgan fingerprint density at radius 2 is 2.21 bits per heavy atom. The van der Waals surface area contributed by atoms with Crippen LogP contribution in [0.25, 0.3) is 0 Å². The second-order valence-corrected chi connectivity index (χ2v) is 5.64. The van der Waals surface area contributed by atoms with Crippen LogP contribution in [0.1, 0.15) is 43.9 Å². The van der Waals surface area contributed by atoms with E-state index in [1.54, 1.807) is 7.11 Å². The smallest absolute Gasteiger partial charge is 0.237 e. The number of fused-ring (bicyclic) bond motifs is 1. The Hall–Kier alpha value is -1.55. The maximum atomic E-state index is 11.4. The minimum Gasteiger partial charge on any atom is -0.497 e. The summed E-state index contributed by atoms with van der Waals surface area (Å²) in [6.07, 6.45) is 3.18. The lowest BCUT2D eigenvalue weighted by Gasteiger charge is -2.33. The molecule has 1 aromatic carbocycles. The Bertz CT molecular complexity index is 483. The number of hydrogen-bond donors (Lipinski definition) is 2. The lowest BCUT2D eigenvalue weighted by Crippen LogP contribution is -2.52. The van der Waals surface area contributed by atoms with Crippen LogP contribution in [0.5, 0.6) is 5.75 Å². The number of carbonyl (C=O) groups is 1. The van der Waals surface area contributed by atoms with Crippen molar-refractivity contribution in [1.82, 2.24) is 5.32 Å². The third kappa shape index (κ3) is 2.89. The molecule has 4 nitrogen and oxygen atoms in total. The molecule has 1 aromatic rings. The van der Waals surface area contributed by atoms with Gasteiger partial charge in [-0.05, 0) is 56.4 Å². The van der Waals surface area contributed by atoms with Gasteiger partial charge in [-0.25, -0.2) is 0 Å². The van der Waals surface area contributed by atoms with Crippen LogP contribution in [0.2, 0.25) is 0 Å². The molecule has 0 radical (unpaired) electrons. The summed E-state index contributed by atoms with van der Waals surface area (Å²) in [5.74, 6) is 0.557. The van der Waals surface area contributed by atoms with Crippen LogP contribution in [0.15, 0.2) is 18.2 Å². The highest BCUT2D eigenvalue weighted by atomic mass is 16.5. The van der Waals surface area contributed by atoms with Crippen LogP contribution in [-0.4, -0.2) is 18.6 Å². The molecule has 1 aliphatic carbocycles. The van der Waals surface area contributed by atoms with Crippen LogP contribution >= 0.6 is 0 Å². The van der Waals surface area contributed by atoms with E-state index in [0.717, 1.165) is 25.0 Å². The minimum atomic E-state index is -0.695. The highest BCUT2D eigenvalue weighted by molar-refractivity contribution is 5.83. The van der Waals surface area contributed by atoms with Crippen molar-refractivity contribution in [2.24, 2.45) is 5.73 Å². The molecule has 0 spiro atoms. The van der Waals surface area contributed by atoms with E-state index in [-0.39, 0.29) is 11.9 Å². The van der Waals surface area contributed by atoms with Gasteiger partial charge in [0.25, 0.3) is 0 Å². The lowest BCUT2D eigenvalue weighted by molar-refractivity contribution is -0.123. The third-order valence-corrected chi connectivity index (χ3v) is 3.82. The molecule has 1 amide bonds.